The smallest absolute Gasteiger partial charge is 0.231 e. The average Bonchev–Trinajstić information content (AvgIpc) is 2.98. The van der Waals surface area contributed by atoms with Crippen molar-refractivity contribution in [1.29, 1.82) is 0 Å². The highest BCUT2D eigenvalue weighted by Gasteiger charge is 2.33. The van der Waals surface area contributed by atoms with Crippen molar-refractivity contribution in [3.8, 4) is 11.5 Å². The quantitative estimate of drug-likeness (QED) is 0.772. The zero-order valence-corrected chi connectivity index (χ0v) is 15.3. The molecule has 0 aliphatic carbocycles. The molecule has 2 aliphatic heterocycles. The van der Waals surface area contributed by atoms with Crippen LogP contribution in [0.4, 0.5) is 4.39 Å². The normalized spacial score (nSPS) is 17.4. The molecule has 0 amide bonds. The van der Waals surface area contributed by atoms with Gasteiger partial charge >= 0.3 is 0 Å². The fourth-order valence-electron chi connectivity index (χ4n) is 3.37. The lowest BCUT2D eigenvalue weighted by atomic mass is 10.00. The van der Waals surface area contributed by atoms with E-state index in [0.29, 0.717) is 36.8 Å². The number of halogens is 1. The number of methoxy groups -OCH3 is 1. The lowest BCUT2D eigenvalue weighted by Gasteiger charge is -2.30. The van der Waals surface area contributed by atoms with Gasteiger partial charge in [0.2, 0.25) is 5.78 Å². The van der Waals surface area contributed by atoms with E-state index in [1.165, 1.54) is 12.1 Å². The van der Waals surface area contributed by atoms with Crippen LogP contribution in [0.5, 0.6) is 11.5 Å². The van der Waals surface area contributed by atoms with Gasteiger partial charge in [-0.1, -0.05) is 12.1 Å². The summed E-state index contributed by atoms with van der Waals surface area (Å²) in [4.78, 5) is 14.9. The Balaban J connectivity index is 1.64. The van der Waals surface area contributed by atoms with Crippen molar-refractivity contribution < 1.29 is 23.4 Å². The molecule has 0 radical (unpaired) electrons. The first-order valence-electron chi connectivity index (χ1n) is 8.77. The average molecular weight is 369 g/mol. The number of ketones is 1. The van der Waals surface area contributed by atoms with Crippen LogP contribution in [-0.2, 0) is 11.3 Å². The number of hydrogen-bond donors (Lipinski definition) is 0. The van der Waals surface area contributed by atoms with E-state index in [2.05, 4.69) is 4.90 Å². The van der Waals surface area contributed by atoms with Crippen molar-refractivity contribution in [3.05, 3.63) is 64.2 Å². The first-order valence-corrected chi connectivity index (χ1v) is 8.77. The SMILES string of the molecule is COCCN1COc2c(cc3c(c2C)O/C(=C\c2ccc(F)cc2)C3=O)C1. The molecular weight excluding hydrogens is 349 g/mol. The summed E-state index contributed by atoms with van der Waals surface area (Å²) < 4.78 is 30.0. The molecule has 0 N–H and O–H groups in total. The van der Waals surface area contributed by atoms with E-state index in [0.717, 1.165) is 23.4 Å². The molecule has 0 saturated carbocycles. The second kappa shape index (κ2) is 7.13. The molecule has 0 fully saturated rings. The zero-order valence-electron chi connectivity index (χ0n) is 15.3. The molecule has 0 spiro atoms. The minimum absolute atomic E-state index is 0.172. The molecule has 0 aromatic heterocycles. The van der Waals surface area contributed by atoms with E-state index in [9.17, 15) is 9.18 Å². The van der Waals surface area contributed by atoms with E-state index in [1.54, 1.807) is 25.3 Å². The molecule has 0 atom stereocenters. The highest BCUT2D eigenvalue weighted by atomic mass is 19.1. The number of ether oxygens (including phenoxy) is 3. The van der Waals surface area contributed by atoms with E-state index in [-0.39, 0.29) is 17.4 Å². The summed E-state index contributed by atoms with van der Waals surface area (Å²) in [5.74, 6) is 1.06. The number of Topliss-reactive ketones (excluding diaryl/α,β-unsaturated/α-hetero) is 1. The van der Waals surface area contributed by atoms with Crippen molar-refractivity contribution in [2.45, 2.75) is 13.5 Å². The molecule has 140 valence electrons. The van der Waals surface area contributed by atoms with Crippen molar-refractivity contribution >= 4 is 11.9 Å². The maximum absolute atomic E-state index is 13.1. The molecule has 5 nitrogen and oxygen atoms in total. The third kappa shape index (κ3) is 3.34. The number of carbonyl (C=O) groups excluding carboxylic acids is 1. The summed E-state index contributed by atoms with van der Waals surface area (Å²) >= 11 is 0. The highest BCUT2D eigenvalue weighted by molar-refractivity contribution is 6.15. The van der Waals surface area contributed by atoms with Crippen LogP contribution >= 0.6 is 0 Å². The van der Waals surface area contributed by atoms with Gasteiger partial charge in [-0.3, -0.25) is 9.69 Å². The van der Waals surface area contributed by atoms with Gasteiger partial charge in [0.05, 0.1) is 12.2 Å². The highest BCUT2D eigenvalue weighted by Crippen LogP contribution is 2.43. The Kier molecular flexibility index (Phi) is 4.68. The molecule has 4 rings (SSSR count). The van der Waals surface area contributed by atoms with Crippen molar-refractivity contribution in [1.82, 2.24) is 4.90 Å². The van der Waals surface area contributed by atoms with Crippen molar-refractivity contribution in [2.75, 3.05) is 27.0 Å². The number of carbonyl (C=O) groups is 1. The summed E-state index contributed by atoms with van der Waals surface area (Å²) in [6.45, 7) is 4.44. The molecule has 0 bridgehead atoms. The number of rotatable bonds is 4. The van der Waals surface area contributed by atoms with Crippen LogP contribution in [0, 0.1) is 12.7 Å². The van der Waals surface area contributed by atoms with E-state index >= 15 is 0 Å². The van der Waals surface area contributed by atoms with E-state index in [4.69, 9.17) is 14.2 Å². The van der Waals surface area contributed by atoms with Gasteiger partial charge in [0.1, 0.15) is 24.0 Å². The van der Waals surface area contributed by atoms with E-state index < -0.39 is 0 Å². The molecule has 2 aromatic carbocycles. The Labute approximate surface area is 156 Å². The zero-order chi connectivity index (χ0) is 19.0. The van der Waals surface area contributed by atoms with E-state index in [1.807, 2.05) is 13.0 Å². The lowest BCUT2D eigenvalue weighted by Crippen LogP contribution is -2.34. The number of fused-ring (bicyclic) bond motifs is 2. The van der Waals surface area contributed by atoms with Crippen LogP contribution < -0.4 is 9.47 Å². The van der Waals surface area contributed by atoms with Crippen LogP contribution in [0.15, 0.2) is 36.1 Å². The van der Waals surface area contributed by atoms with Crippen molar-refractivity contribution in [3.63, 3.8) is 0 Å². The summed E-state index contributed by atoms with van der Waals surface area (Å²) in [5, 5.41) is 0. The van der Waals surface area contributed by atoms with Gasteiger partial charge < -0.3 is 14.2 Å². The van der Waals surface area contributed by atoms with Gasteiger partial charge in [0.25, 0.3) is 0 Å². The predicted molar refractivity (Wildman–Crippen MR) is 98.3 cm³/mol. The standard InChI is InChI=1S/C21H20FNO4/c1-13-20-15(11-23(12-26-20)7-8-25-2)10-17-19(24)18(27-21(13)17)9-14-3-5-16(22)6-4-14/h3-6,9-10H,7-8,11-12H2,1-2H3/b18-9-. The van der Waals surface area contributed by atoms with Gasteiger partial charge in [-0.2, -0.15) is 0 Å². The number of nitrogens with zero attached hydrogens (tertiary/aromatic N) is 1. The number of hydrogen-bond acceptors (Lipinski definition) is 5. The Hall–Kier alpha value is -2.70. The van der Waals surface area contributed by atoms with Gasteiger partial charge in [0, 0.05) is 31.3 Å². The lowest BCUT2D eigenvalue weighted by molar-refractivity contribution is 0.0649. The second-order valence-corrected chi connectivity index (χ2v) is 6.68. The molecule has 2 aromatic rings. The van der Waals surface area contributed by atoms with Gasteiger partial charge in [0.15, 0.2) is 5.76 Å². The molecule has 0 unspecified atom stereocenters. The maximum atomic E-state index is 13.1. The van der Waals surface area contributed by atoms with Crippen LogP contribution in [0.25, 0.3) is 6.08 Å². The second-order valence-electron chi connectivity index (χ2n) is 6.68. The molecule has 2 aliphatic rings. The van der Waals surface area contributed by atoms with Crippen LogP contribution in [0.1, 0.15) is 27.0 Å². The molecule has 0 saturated heterocycles. The number of allylic oxidation sites excluding steroid dienone is 1. The first-order chi connectivity index (χ1) is 13.1. The monoisotopic (exact) mass is 369 g/mol. The maximum Gasteiger partial charge on any atom is 0.231 e. The first kappa shape index (κ1) is 17.7. The van der Waals surface area contributed by atoms with Gasteiger partial charge in [-0.15, -0.1) is 0 Å². The topological polar surface area (TPSA) is 48.0 Å². The van der Waals surface area contributed by atoms with Crippen molar-refractivity contribution in [2.24, 2.45) is 0 Å². The Morgan fingerprint density at radius 2 is 2.04 bits per heavy atom. The molecule has 6 heteroatoms. The van der Waals surface area contributed by atoms with Crippen LogP contribution in [0.3, 0.4) is 0 Å². The minimum atomic E-state index is -0.321. The third-order valence-electron chi connectivity index (χ3n) is 4.78. The summed E-state index contributed by atoms with van der Waals surface area (Å²) in [6, 6.07) is 7.77. The van der Waals surface area contributed by atoms with Gasteiger partial charge in [-0.05, 0) is 36.8 Å². The fraction of sp³-hybridized carbons (Fsp3) is 0.286. The largest absolute Gasteiger partial charge is 0.477 e. The third-order valence-corrected chi connectivity index (χ3v) is 4.78. The molecular formula is C21H20FNO4. The summed E-state index contributed by atoms with van der Waals surface area (Å²) in [5.41, 5.74) is 3.03. The molecule has 2 heterocycles. The number of benzene rings is 2. The van der Waals surface area contributed by atoms with Crippen LogP contribution in [0.2, 0.25) is 0 Å². The fourth-order valence-corrected chi connectivity index (χ4v) is 3.37. The Morgan fingerprint density at radius 1 is 1.26 bits per heavy atom. The minimum Gasteiger partial charge on any atom is -0.477 e. The summed E-state index contributed by atoms with van der Waals surface area (Å²) in [7, 11) is 1.67. The van der Waals surface area contributed by atoms with Crippen LogP contribution in [-0.4, -0.2) is 37.7 Å². The summed E-state index contributed by atoms with van der Waals surface area (Å²) in [6.07, 6.45) is 1.63. The molecule has 27 heavy (non-hydrogen) atoms. The van der Waals surface area contributed by atoms with Gasteiger partial charge in [-0.25, -0.2) is 4.39 Å². The predicted octanol–water partition coefficient (Wildman–Crippen LogP) is 3.55. The Bertz CT molecular complexity index is 921. The Morgan fingerprint density at radius 3 is 2.78 bits per heavy atom.